The molecule has 0 fully saturated rings. The number of sulfonamides is 1. The van der Waals surface area contributed by atoms with Gasteiger partial charge >= 0.3 is 0 Å². The molecule has 2 amide bonds. The summed E-state index contributed by atoms with van der Waals surface area (Å²) in [7, 11) is -2.10. The molecule has 8 heteroatoms. The monoisotopic (exact) mass is 487 g/mol. The number of hydrogen-bond donors (Lipinski definition) is 1. The summed E-state index contributed by atoms with van der Waals surface area (Å²) in [5.74, 6) is -0.377. The van der Waals surface area contributed by atoms with E-state index in [1.54, 1.807) is 42.2 Å². The van der Waals surface area contributed by atoms with Gasteiger partial charge in [-0.25, -0.2) is 12.7 Å². The SMILES string of the molecule is CC[C@@H](C)NC(=O)[C@@H](C)N(Cc1cccc(C)c1)C(=O)CCCN(C)S(=O)(=O)c1ccccc1. The summed E-state index contributed by atoms with van der Waals surface area (Å²) in [6.45, 7) is 8.16. The summed E-state index contributed by atoms with van der Waals surface area (Å²) in [6.07, 6.45) is 1.29. The van der Waals surface area contributed by atoms with Crippen LogP contribution in [0.4, 0.5) is 0 Å². The van der Waals surface area contributed by atoms with Crippen molar-refractivity contribution in [2.45, 2.75) is 70.5 Å². The lowest BCUT2D eigenvalue weighted by atomic mass is 10.1. The largest absolute Gasteiger partial charge is 0.352 e. The normalized spacial score (nSPS) is 13.4. The third-order valence-corrected chi connectivity index (χ3v) is 7.79. The van der Waals surface area contributed by atoms with Gasteiger partial charge in [-0.1, -0.05) is 55.0 Å². The number of carbonyl (C=O) groups is 2. The highest BCUT2D eigenvalue weighted by Gasteiger charge is 2.27. The van der Waals surface area contributed by atoms with E-state index in [9.17, 15) is 18.0 Å². The molecule has 0 unspecified atom stereocenters. The lowest BCUT2D eigenvalue weighted by Gasteiger charge is -2.30. The number of benzene rings is 2. The van der Waals surface area contributed by atoms with Crippen LogP contribution in [0.25, 0.3) is 0 Å². The van der Waals surface area contributed by atoms with E-state index in [-0.39, 0.29) is 35.7 Å². The fourth-order valence-corrected chi connectivity index (χ4v) is 4.77. The number of aryl methyl sites for hydroxylation is 1. The smallest absolute Gasteiger partial charge is 0.242 e. The fourth-order valence-electron chi connectivity index (χ4n) is 3.54. The van der Waals surface area contributed by atoms with Crippen molar-refractivity contribution >= 4 is 21.8 Å². The molecule has 0 saturated heterocycles. The maximum Gasteiger partial charge on any atom is 0.242 e. The summed E-state index contributed by atoms with van der Waals surface area (Å²) < 4.78 is 26.7. The number of nitrogens with one attached hydrogen (secondary N) is 1. The average molecular weight is 488 g/mol. The zero-order valence-electron chi connectivity index (χ0n) is 20.8. The molecule has 0 bridgehead atoms. The molecule has 0 aromatic heterocycles. The summed E-state index contributed by atoms with van der Waals surface area (Å²) in [5.41, 5.74) is 2.02. The highest BCUT2D eigenvalue weighted by atomic mass is 32.2. The van der Waals surface area contributed by atoms with Crippen molar-refractivity contribution in [1.29, 1.82) is 0 Å². The molecule has 2 aromatic carbocycles. The number of rotatable bonds is 12. The highest BCUT2D eigenvalue weighted by molar-refractivity contribution is 7.89. The number of carbonyl (C=O) groups excluding carboxylic acids is 2. The zero-order chi connectivity index (χ0) is 25.3. The Morgan fingerprint density at radius 2 is 1.71 bits per heavy atom. The van der Waals surface area contributed by atoms with Crippen LogP contribution in [0.3, 0.4) is 0 Å². The summed E-state index contributed by atoms with van der Waals surface area (Å²) in [4.78, 5) is 27.8. The topological polar surface area (TPSA) is 86.8 Å². The maximum atomic E-state index is 13.2. The molecule has 0 aliphatic heterocycles. The Kier molecular flexibility index (Phi) is 10.3. The minimum absolute atomic E-state index is 0.0164. The molecular weight excluding hydrogens is 450 g/mol. The van der Waals surface area contributed by atoms with Gasteiger partial charge in [0.15, 0.2) is 0 Å². The Bertz CT molecular complexity index is 1060. The van der Waals surface area contributed by atoms with Gasteiger partial charge in [-0.05, 0) is 51.3 Å². The van der Waals surface area contributed by atoms with Crippen LogP contribution in [-0.2, 0) is 26.2 Å². The highest BCUT2D eigenvalue weighted by Crippen LogP contribution is 2.16. The van der Waals surface area contributed by atoms with E-state index in [0.717, 1.165) is 17.5 Å². The van der Waals surface area contributed by atoms with Crippen LogP contribution in [0.5, 0.6) is 0 Å². The van der Waals surface area contributed by atoms with Crippen molar-refractivity contribution in [2.75, 3.05) is 13.6 Å². The second-order valence-corrected chi connectivity index (χ2v) is 10.8. The molecule has 0 aliphatic rings. The Labute approximate surface area is 204 Å². The first-order valence-electron chi connectivity index (χ1n) is 11.7. The zero-order valence-corrected chi connectivity index (χ0v) is 21.6. The van der Waals surface area contributed by atoms with Crippen molar-refractivity contribution in [2.24, 2.45) is 0 Å². The van der Waals surface area contributed by atoms with E-state index >= 15 is 0 Å². The first-order valence-corrected chi connectivity index (χ1v) is 13.2. The van der Waals surface area contributed by atoms with Gasteiger partial charge < -0.3 is 10.2 Å². The minimum atomic E-state index is -3.61. The first kappa shape index (κ1) is 27.5. The predicted octanol–water partition coefficient (Wildman–Crippen LogP) is 3.73. The van der Waals surface area contributed by atoms with Gasteiger partial charge in [0.05, 0.1) is 4.90 Å². The molecule has 186 valence electrons. The van der Waals surface area contributed by atoms with Crippen LogP contribution in [-0.4, -0.2) is 55.1 Å². The maximum absolute atomic E-state index is 13.2. The van der Waals surface area contributed by atoms with Gasteiger partial charge in [0.1, 0.15) is 6.04 Å². The molecule has 0 heterocycles. The Morgan fingerprint density at radius 3 is 2.32 bits per heavy atom. The molecule has 0 spiro atoms. The molecule has 34 heavy (non-hydrogen) atoms. The van der Waals surface area contributed by atoms with Gasteiger partial charge in [-0.2, -0.15) is 0 Å². The molecule has 7 nitrogen and oxygen atoms in total. The Balaban J connectivity index is 2.09. The summed E-state index contributed by atoms with van der Waals surface area (Å²) in [5, 5.41) is 2.95. The van der Waals surface area contributed by atoms with Crippen molar-refractivity contribution in [3.05, 3.63) is 65.7 Å². The molecular formula is C26H37N3O4S. The van der Waals surface area contributed by atoms with Crippen LogP contribution in [0.15, 0.2) is 59.5 Å². The average Bonchev–Trinajstić information content (AvgIpc) is 2.82. The van der Waals surface area contributed by atoms with E-state index in [2.05, 4.69) is 5.32 Å². The minimum Gasteiger partial charge on any atom is -0.352 e. The lowest BCUT2D eigenvalue weighted by Crippen LogP contribution is -2.49. The van der Waals surface area contributed by atoms with Gasteiger partial charge in [0, 0.05) is 32.6 Å². The summed E-state index contributed by atoms with van der Waals surface area (Å²) >= 11 is 0. The number of nitrogens with zero attached hydrogens (tertiary/aromatic N) is 2. The lowest BCUT2D eigenvalue weighted by molar-refractivity contribution is -0.141. The van der Waals surface area contributed by atoms with Crippen LogP contribution >= 0.6 is 0 Å². The third-order valence-electron chi connectivity index (χ3n) is 5.92. The van der Waals surface area contributed by atoms with E-state index in [1.807, 2.05) is 45.0 Å². The van der Waals surface area contributed by atoms with Crippen LogP contribution in [0.1, 0.15) is 51.2 Å². The van der Waals surface area contributed by atoms with Gasteiger partial charge in [0.25, 0.3) is 0 Å². The van der Waals surface area contributed by atoms with E-state index in [1.165, 1.54) is 11.4 Å². The molecule has 2 atom stereocenters. The van der Waals surface area contributed by atoms with Gasteiger partial charge in [0.2, 0.25) is 21.8 Å². The number of amides is 2. The Morgan fingerprint density at radius 1 is 1.03 bits per heavy atom. The Hall–Kier alpha value is -2.71. The van der Waals surface area contributed by atoms with Crippen LogP contribution in [0, 0.1) is 6.92 Å². The van der Waals surface area contributed by atoms with Gasteiger partial charge in [-0.3, -0.25) is 9.59 Å². The fraction of sp³-hybridized carbons (Fsp3) is 0.462. The van der Waals surface area contributed by atoms with Gasteiger partial charge in [-0.15, -0.1) is 0 Å². The van der Waals surface area contributed by atoms with E-state index in [4.69, 9.17) is 0 Å². The first-order chi connectivity index (χ1) is 16.1. The second kappa shape index (κ2) is 12.7. The van der Waals surface area contributed by atoms with Crippen LogP contribution in [0.2, 0.25) is 0 Å². The third kappa shape index (κ3) is 7.67. The predicted molar refractivity (Wildman–Crippen MR) is 135 cm³/mol. The van der Waals surface area contributed by atoms with Crippen LogP contribution < -0.4 is 5.32 Å². The molecule has 0 radical (unpaired) electrons. The van der Waals surface area contributed by atoms with E-state index in [0.29, 0.717) is 13.0 Å². The van der Waals surface area contributed by atoms with Crippen molar-refractivity contribution in [3.8, 4) is 0 Å². The molecule has 0 aliphatic carbocycles. The second-order valence-electron chi connectivity index (χ2n) is 8.75. The molecule has 0 saturated carbocycles. The molecule has 1 N–H and O–H groups in total. The van der Waals surface area contributed by atoms with E-state index < -0.39 is 16.1 Å². The quantitative estimate of drug-likeness (QED) is 0.494. The van der Waals surface area contributed by atoms with Crippen molar-refractivity contribution in [3.63, 3.8) is 0 Å². The number of hydrogen-bond acceptors (Lipinski definition) is 4. The summed E-state index contributed by atoms with van der Waals surface area (Å²) in [6, 6.07) is 15.5. The standard InChI is InChI=1S/C26H37N3O4S/c1-6-21(3)27-26(31)22(4)29(19-23-13-10-12-20(2)18-23)25(30)16-11-17-28(5)34(32,33)24-14-8-7-9-15-24/h7-10,12-15,18,21-22H,6,11,16-17,19H2,1-5H3,(H,27,31)/t21-,22-/m1/s1. The molecule has 2 rings (SSSR count). The van der Waals surface area contributed by atoms with Crippen molar-refractivity contribution in [1.82, 2.24) is 14.5 Å². The van der Waals surface area contributed by atoms with Crippen molar-refractivity contribution < 1.29 is 18.0 Å². The molecule has 2 aromatic rings.